The number of thioether (sulfide) groups is 2. The smallest absolute Gasteiger partial charge is 0.342 e. The first-order valence-corrected chi connectivity index (χ1v) is 12.4. The van der Waals surface area contributed by atoms with E-state index in [9.17, 15) is 9.59 Å². The van der Waals surface area contributed by atoms with Crippen molar-refractivity contribution < 1.29 is 19.1 Å². The molecule has 0 aliphatic carbocycles. The van der Waals surface area contributed by atoms with Gasteiger partial charge in [0.05, 0.1) is 11.1 Å². The lowest BCUT2D eigenvalue weighted by Crippen LogP contribution is -1.99. The Bertz CT molecular complexity index is 906. The fourth-order valence-corrected chi connectivity index (χ4v) is 4.00. The Kier molecular flexibility index (Phi) is 12.8. The van der Waals surface area contributed by atoms with Gasteiger partial charge < -0.3 is 9.47 Å². The zero-order chi connectivity index (χ0) is 22.9. The van der Waals surface area contributed by atoms with Crippen LogP contribution in [0.4, 0.5) is 0 Å². The number of carbonyl (C=O) groups is 2. The van der Waals surface area contributed by atoms with E-state index in [4.69, 9.17) is 9.47 Å². The highest BCUT2D eigenvalue weighted by atomic mass is 32.2. The minimum Gasteiger partial charge on any atom is -0.430 e. The monoisotopic (exact) mass is 468 g/mol. The lowest BCUT2D eigenvalue weighted by molar-refractivity contribution is 0.0654. The average Bonchev–Trinajstić information content (AvgIpc) is 2.84. The van der Waals surface area contributed by atoms with Crippen molar-refractivity contribution in [3.05, 3.63) is 105 Å². The third-order valence-electron chi connectivity index (χ3n) is 4.25. The number of esters is 2. The van der Waals surface area contributed by atoms with Crippen LogP contribution in [-0.4, -0.2) is 11.9 Å². The van der Waals surface area contributed by atoms with E-state index in [1.807, 2.05) is 17.5 Å². The highest BCUT2D eigenvalue weighted by Gasteiger charge is 2.04. The lowest BCUT2D eigenvalue weighted by Gasteiger charge is -2.04. The van der Waals surface area contributed by atoms with E-state index in [1.54, 1.807) is 59.3 Å². The standard InChI is InChI=1S/C26H28O4S2/c1-2-3-4-11-16-24(32-20-18-30-26(28)23-14-9-6-10-15-23)21-31-19-17-29-25(27)22-12-7-5-8-13-22/h5-10,12-15,17-21H,2-4,11,16H2,1H3/b19-17+,20-18+,24-21-. The van der Waals surface area contributed by atoms with Crippen molar-refractivity contribution >= 4 is 35.5 Å². The Morgan fingerprint density at radius 1 is 0.781 bits per heavy atom. The SMILES string of the molecule is CCCCCC/C(=C/S/C=C/OC(=O)c1ccccc1)S/C=C/OC(=O)c1ccccc1. The molecule has 168 valence electrons. The van der Waals surface area contributed by atoms with Gasteiger partial charge in [0.15, 0.2) is 0 Å². The Labute approximate surface area is 198 Å². The van der Waals surface area contributed by atoms with Crippen molar-refractivity contribution in [2.75, 3.05) is 0 Å². The molecule has 0 saturated carbocycles. The predicted octanol–water partition coefficient (Wildman–Crippen LogP) is 7.92. The molecular weight excluding hydrogens is 440 g/mol. The fraction of sp³-hybridized carbons (Fsp3) is 0.231. The molecule has 0 spiro atoms. The van der Waals surface area contributed by atoms with Gasteiger partial charge in [-0.05, 0) is 47.4 Å². The molecule has 2 aromatic carbocycles. The lowest BCUT2D eigenvalue weighted by atomic mass is 10.1. The molecule has 4 nitrogen and oxygen atoms in total. The van der Waals surface area contributed by atoms with Crippen molar-refractivity contribution in [2.24, 2.45) is 0 Å². The first-order chi connectivity index (χ1) is 15.7. The molecule has 0 aliphatic heterocycles. The van der Waals surface area contributed by atoms with Crippen LogP contribution in [0.15, 0.2) is 94.3 Å². The molecule has 0 radical (unpaired) electrons. The third kappa shape index (κ3) is 10.6. The van der Waals surface area contributed by atoms with E-state index in [0.29, 0.717) is 11.1 Å². The summed E-state index contributed by atoms with van der Waals surface area (Å²) in [5.74, 6) is -0.766. The molecule has 32 heavy (non-hydrogen) atoms. The molecule has 0 N–H and O–H groups in total. The summed E-state index contributed by atoms with van der Waals surface area (Å²) in [4.78, 5) is 25.1. The summed E-state index contributed by atoms with van der Waals surface area (Å²) >= 11 is 2.96. The van der Waals surface area contributed by atoms with Gasteiger partial charge in [-0.1, -0.05) is 74.3 Å². The largest absolute Gasteiger partial charge is 0.430 e. The molecule has 0 aliphatic rings. The molecule has 2 rings (SSSR count). The fourth-order valence-electron chi connectivity index (χ4n) is 2.60. The van der Waals surface area contributed by atoms with Crippen LogP contribution in [0, 0.1) is 0 Å². The van der Waals surface area contributed by atoms with Gasteiger partial charge in [-0.2, -0.15) is 0 Å². The second kappa shape index (κ2) is 16.0. The summed E-state index contributed by atoms with van der Waals surface area (Å²) in [6.07, 6.45) is 8.42. The molecule has 0 bridgehead atoms. The molecule has 0 aromatic heterocycles. The first-order valence-electron chi connectivity index (χ1n) is 10.5. The number of allylic oxidation sites excluding steroid dienone is 1. The average molecular weight is 469 g/mol. The predicted molar refractivity (Wildman–Crippen MR) is 134 cm³/mol. The van der Waals surface area contributed by atoms with Gasteiger partial charge in [-0.3, -0.25) is 0 Å². The van der Waals surface area contributed by atoms with Crippen molar-refractivity contribution in [1.82, 2.24) is 0 Å². The molecule has 0 heterocycles. The summed E-state index contributed by atoms with van der Waals surface area (Å²) in [6, 6.07) is 17.8. The van der Waals surface area contributed by atoms with Gasteiger partial charge in [0.25, 0.3) is 0 Å². The number of hydrogen-bond acceptors (Lipinski definition) is 6. The number of ether oxygens (including phenoxy) is 2. The summed E-state index contributed by atoms with van der Waals surface area (Å²) in [6.45, 7) is 2.19. The second-order valence-corrected chi connectivity index (χ2v) is 8.55. The van der Waals surface area contributed by atoms with Gasteiger partial charge in [0.2, 0.25) is 0 Å². The van der Waals surface area contributed by atoms with Crippen LogP contribution in [0.2, 0.25) is 0 Å². The van der Waals surface area contributed by atoms with E-state index in [2.05, 4.69) is 6.92 Å². The third-order valence-corrected chi connectivity index (χ3v) is 5.96. The molecule has 0 unspecified atom stereocenters. The van der Waals surface area contributed by atoms with Gasteiger partial charge in [0.1, 0.15) is 12.5 Å². The van der Waals surface area contributed by atoms with Gasteiger partial charge in [0, 0.05) is 10.8 Å². The van der Waals surface area contributed by atoms with Crippen molar-refractivity contribution in [2.45, 2.75) is 39.0 Å². The highest BCUT2D eigenvalue weighted by Crippen LogP contribution is 2.27. The van der Waals surface area contributed by atoms with Crippen LogP contribution in [0.1, 0.15) is 59.7 Å². The van der Waals surface area contributed by atoms with Crippen LogP contribution >= 0.6 is 23.5 Å². The van der Waals surface area contributed by atoms with E-state index in [-0.39, 0.29) is 11.9 Å². The molecule has 0 saturated heterocycles. The first kappa shape index (κ1) is 25.6. The van der Waals surface area contributed by atoms with Crippen molar-refractivity contribution in [1.29, 1.82) is 0 Å². The minimum absolute atomic E-state index is 0.381. The molecule has 0 amide bonds. The maximum Gasteiger partial charge on any atom is 0.342 e. The molecule has 2 aromatic rings. The normalized spacial score (nSPS) is 11.7. The van der Waals surface area contributed by atoms with Crippen LogP contribution in [-0.2, 0) is 9.47 Å². The van der Waals surface area contributed by atoms with Gasteiger partial charge in [-0.25, -0.2) is 9.59 Å². The van der Waals surface area contributed by atoms with E-state index in [0.717, 1.165) is 17.7 Å². The Hall–Kier alpha value is -2.70. The zero-order valence-corrected chi connectivity index (χ0v) is 19.8. The molecule has 0 fully saturated rings. The van der Waals surface area contributed by atoms with Crippen LogP contribution in [0.3, 0.4) is 0 Å². The van der Waals surface area contributed by atoms with Gasteiger partial charge >= 0.3 is 11.9 Å². The molecular formula is C26H28O4S2. The Morgan fingerprint density at radius 2 is 1.34 bits per heavy atom. The number of benzene rings is 2. The summed E-state index contributed by atoms with van der Waals surface area (Å²) in [7, 11) is 0. The number of hydrogen-bond donors (Lipinski definition) is 0. The molecule has 0 atom stereocenters. The van der Waals surface area contributed by atoms with Crippen LogP contribution < -0.4 is 0 Å². The van der Waals surface area contributed by atoms with Crippen LogP contribution in [0.25, 0.3) is 0 Å². The Balaban J connectivity index is 1.82. The minimum atomic E-state index is -0.385. The maximum absolute atomic E-state index is 12.0. The van der Waals surface area contributed by atoms with E-state index >= 15 is 0 Å². The van der Waals surface area contributed by atoms with Crippen molar-refractivity contribution in [3.8, 4) is 0 Å². The second-order valence-electron chi connectivity index (χ2n) is 6.74. The number of unbranched alkanes of at least 4 members (excludes halogenated alkanes) is 3. The highest BCUT2D eigenvalue weighted by molar-refractivity contribution is 8.08. The number of carbonyl (C=O) groups excluding carboxylic acids is 2. The zero-order valence-electron chi connectivity index (χ0n) is 18.1. The Morgan fingerprint density at radius 3 is 1.91 bits per heavy atom. The summed E-state index contributed by atoms with van der Waals surface area (Å²) < 4.78 is 10.3. The number of rotatable bonds is 13. The van der Waals surface area contributed by atoms with Gasteiger partial charge in [-0.15, -0.1) is 11.8 Å². The van der Waals surface area contributed by atoms with E-state index in [1.165, 1.54) is 55.3 Å². The van der Waals surface area contributed by atoms with Crippen LogP contribution in [0.5, 0.6) is 0 Å². The quantitative estimate of drug-likeness (QED) is 0.169. The maximum atomic E-state index is 12.0. The van der Waals surface area contributed by atoms with Crippen molar-refractivity contribution in [3.63, 3.8) is 0 Å². The molecule has 6 heteroatoms. The summed E-state index contributed by atoms with van der Waals surface area (Å²) in [5.41, 5.74) is 1.03. The summed E-state index contributed by atoms with van der Waals surface area (Å²) in [5, 5.41) is 5.52. The van der Waals surface area contributed by atoms with E-state index < -0.39 is 0 Å². The topological polar surface area (TPSA) is 52.6 Å².